The van der Waals surface area contributed by atoms with Crippen LogP contribution in [0.2, 0.25) is 0 Å². The Morgan fingerprint density at radius 3 is 2.81 bits per heavy atom. The molecule has 84 valence electrons. The van der Waals surface area contributed by atoms with E-state index < -0.39 is 6.04 Å². The molecular formula is C11H10BrFN2S. The quantitative estimate of drug-likeness (QED) is 0.923. The van der Waals surface area contributed by atoms with Crippen molar-refractivity contribution in [2.45, 2.75) is 13.0 Å². The van der Waals surface area contributed by atoms with Crippen LogP contribution in [0.25, 0.3) is 0 Å². The average Bonchev–Trinajstić information content (AvgIpc) is 2.64. The maximum atomic E-state index is 13.7. The molecule has 2 N–H and O–H groups in total. The average molecular weight is 301 g/mol. The van der Waals surface area contributed by atoms with Crippen molar-refractivity contribution in [3.63, 3.8) is 0 Å². The molecule has 0 aliphatic rings. The van der Waals surface area contributed by atoms with E-state index >= 15 is 0 Å². The van der Waals surface area contributed by atoms with Gasteiger partial charge in [-0.1, -0.05) is 22.0 Å². The zero-order chi connectivity index (χ0) is 11.7. The highest BCUT2D eigenvalue weighted by atomic mass is 79.9. The van der Waals surface area contributed by atoms with Gasteiger partial charge >= 0.3 is 0 Å². The molecule has 2 aromatic rings. The monoisotopic (exact) mass is 300 g/mol. The SMILES string of the molecule is Cc1cnc(C(N)c2ccc(Br)cc2F)s1. The highest BCUT2D eigenvalue weighted by Gasteiger charge is 2.16. The second-order valence-corrected chi connectivity index (χ2v) is 5.63. The third-order valence-corrected chi connectivity index (χ3v) is 3.69. The second-order valence-electron chi connectivity index (χ2n) is 3.45. The van der Waals surface area contributed by atoms with Gasteiger partial charge in [-0.3, -0.25) is 0 Å². The molecule has 1 unspecified atom stereocenters. The van der Waals surface area contributed by atoms with Gasteiger partial charge in [0.05, 0.1) is 6.04 Å². The Bertz CT molecular complexity index is 512. The van der Waals surface area contributed by atoms with E-state index in [0.717, 1.165) is 9.88 Å². The Kier molecular flexibility index (Phi) is 3.37. The first kappa shape index (κ1) is 11.7. The van der Waals surface area contributed by atoms with Crippen molar-refractivity contribution in [3.8, 4) is 0 Å². The van der Waals surface area contributed by atoms with Gasteiger partial charge in [-0.05, 0) is 19.1 Å². The van der Waals surface area contributed by atoms with Gasteiger partial charge in [0, 0.05) is 21.1 Å². The molecular weight excluding hydrogens is 291 g/mol. The minimum Gasteiger partial charge on any atom is -0.318 e. The second kappa shape index (κ2) is 4.61. The smallest absolute Gasteiger partial charge is 0.129 e. The van der Waals surface area contributed by atoms with E-state index in [1.54, 1.807) is 18.3 Å². The van der Waals surface area contributed by atoms with E-state index in [1.165, 1.54) is 17.4 Å². The van der Waals surface area contributed by atoms with Crippen molar-refractivity contribution >= 4 is 27.3 Å². The predicted octanol–water partition coefficient (Wildman–Crippen LogP) is 3.40. The molecule has 2 rings (SSSR count). The minimum absolute atomic E-state index is 0.310. The topological polar surface area (TPSA) is 38.9 Å². The molecule has 0 aliphatic carbocycles. The van der Waals surface area contributed by atoms with Gasteiger partial charge in [0.1, 0.15) is 10.8 Å². The lowest BCUT2D eigenvalue weighted by atomic mass is 10.1. The fourth-order valence-electron chi connectivity index (χ4n) is 1.40. The summed E-state index contributed by atoms with van der Waals surface area (Å²) in [5.74, 6) is -0.310. The number of nitrogens with two attached hydrogens (primary N) is 1. The van der Waals surface area contributed by atoms with Crippen LogP contribution in [0.15, 0.2) is 28.9 Å². The van der Waals surface area contributed by atoms with Gasteiger partial charge in [0.25, 0.3) is 0 Å². The molecule has 0 aliphatic heterocycles. The first-order chi connectivity index (χ1) is 7.58. The van der Waals surface area contributed by atoms with E-state index in [2.05, 4.69) is 20.9 Å². The molecule has 0 bridgehead atoms. The summed E-state index contributed by atoms with van der Waals surface area (Å²) in [6.07, 6.45) is 1.75. The van der Waals surface area contributed by atoms with Gasteiger partial charge in [0.15, 0.2) is 0 Å². The lowest BCUT2D eigenvalue weighted by Gasteiger charge is -2.10. The normalized spacial score (nSPS) is 12.8. The Balaban J connectivity index is 2.37. The number of rotatable bonds is 2. The summed E-state index contributed by atoms with van der Waals surface area (Å²) in [7, 11) is 0. The van der Waals surface area contributed by atoms with Crippen molar-refractivity contribution in [2.24, 2.45) is 5.73 Å². The number of halogens is 2. The van der Waals surface area contributed by atoms with Crippen molar-refractivity contribution in [1.29, 1.82) is 0 Å². The zero-order valence-electron chi connectivity index (χ0n) is 8.58. The fourth-order valence-corrected chi connectivity index (χ4v) is 2.53. The van der Waals surface area contributed by atoms with E-state index in [9.17, 15) is 4.39 Å². The van der Waals surface area contributed by atoms with Crippen LogP contribution in [-0.4, -0.2) is 4.98 Å². The molecule has 0 saturated carbocycles. The highest BCUT2D eigenvalue weighted by molar-refractivity contribution is 9.10. The van der Waals surface area contributed by atoms with Crippen LogP contribution in [0.4, 0.5) is 4.39 Å². The Morgan fingerprint density at radius 2 is 2.25 bits per heavy atom. The van der Waals surface area contributed by atoms with E-state index in [-0.39, 0.29) is 5.82 Å². The molecule has 0 saturated heterocycles. The van der Waals surface area contributed by atoms with Crippen LogP contribution in [0.5, 0.6) is 0 Å². The van der Waals surface area contributed by atoms with Crippen LogP contribution in [0.3, 0.4) is 0 Å². The molecule has 1 heterocycles. The molecule has 16 heavy (non-hydrogen) atoms. The van der Waals surface area contributed by atoms with Crippen LogP contribution < -0.4 is 5.73 Å². The molecule has 0 spiro atoms. The maximum absolute atomic E-state index is 13.7. The fraction of sp³-hybridized carbons (Fsp3) is 0.182. The third-order valence-electron chi connectivity index (χ3n) is 2.20. The van der Waals surface area contributed by atoms with Gasteiger partial charge in [-0.2, -0.15) is 0 Å². The zero-order valence-corrected chi connectivity index (χ0v) is 11.0. The van der Waals surface area contributed by atoms with E-state index in [1.807, 2.05) is 6.92 Å². The minimum atomic E-state index is -0.494. The molecule has 5 heteroatoms. The third kappa shape index (κ3) is 2.31. The van der Waals surface area contributed by atoms with Gasteiger partial charge in [-0.15, -0.1) is 11.3 Å². The standard InChI is InChI=1S/C11H10BrFN2S/c1-6-5-15-11(16-6)10(14)8-3-2-7(12)4-9(8)13/h2-5,10H,14H2,1H3. The molecule has 0 amide bonds. The highest BCUT2D eigenvalue weighted by Crippen LogP contribution is 2.27. The summed E-state index contributed by atoms with van der Waals surface area (Å²) in [6.45, 7) is 1.95. The van der Waals surface area contributed by atoms with E-state index in [0.29, 0.717) is 10.0 Å². The Labute approximate surface area is 105 Å². The molecule has 0 radical (unpaired) electrons. The van der Waals surface area contributed by atoms with E-state index in [4.69, 9.17) is 5.73 Å². The molecule has 1 aromatic heterocycles. The number of aryl methyl sites for hydroxylation is 1. The van der Waals surface area contributed by atoms with Crippen molar-refractivity contribution in [1.82, 2.24) is 4.98 Å². The van der Waals surface area contributed by atoms with Crippen LogP contribution in [0, 0.1) is 12.7 Å². The predicted molar refractivity (Wildman–Crippen MR) is 67.0 cm³/mol. The van der Waals surface area contributed by atoms with Crippen molar-refractivity contribution in [2.75, 3.05) is 0 Å². The molecule has 2 nitrogen and oxygen atoms in total. The summed E-state index contributed by atoms with van der Waals surface area (Å²) < 4.78 is 14.4. The number of thiazole rings is 1. The number of benzene rings is 1. The van der Waals surface area contributed by atoms with Crippen molar-refractivity contribution in [3.05, 3.63) is 50.1 Å². The summed E-state index contributed by atoms with van der Waals surface area (Å²) in [6, 6.07) is 4.38. The Morgan fingerprint density at radius 1 is 1.50 bits per heavy atom. The molecule has 1 aromatic carbocycles. The first-order valence-corrected chi connectivity index (χ1v) is 6.31. The largest absolute Gasteiger partial charge is 0.318 e. The van der Waals surface area contributed by atoms with Crippen molar-refractivity contribution < 1.29 is 4.39 Å². The molecule has 0 fully saturated rings. The number of aromatic nitrogens is 1. The number of nitrogens with zero attached hydrogens (tertiary/aromatic N) is 1. The first-order valence-electron chi connectivity index (χ1n) is 4.71. The van der Waals surface area contributed by atoms with Gasteiger partial charge < -0.3 is 5.73 Å². The van der Waals surface area contributed by atoms with Crippen LogP contribution >= 0.6 is 27.3 Å². The number of hydrogen-bond acceptors (Lipinski definition) is 3. The van der Waals surface area contributed by atoms with Crippen LogP contribution in [0.1, 0.15) is 21.5 Å². The summed E-state index contributed by atoms with van der Waals surface area (Å²) in [5, 5.41) is 0.735. The lowest BCUT2D eigenvalue weighted by molar-refractivity contribution is 0.598. The number of hydrogen-bond donors (Lipinski definition) is 1. The summed E-state index contributed by atoms with van der Waals surface area (Å²) in [5.41, 5.74) is 6.44. The summed E-state index contributed by atoms with van der Waals surface area (Å²) in [4.78, 5) is 5.24. The lowest BCUT2D eigenvalue weighted by Crippen LogP contribution is -2.13. The Hall–Kier alpha value is -0.780. The maximum Gasteiger partial charge on any atom is 0.129 e. The molecule has 1 atom stereocenters. The van der Waals surface area contributed by atoms with Gasteiger partial charge in [-0.25, -0.2) is 9.37 Å². The summed E-state index contributed by atoms with van der Waals surface area (Å²) >= 11 is 4.70. The van der Waals surface area contributed by atoms with Crippen LogP contribution in [-0.2, 0) is 0 Å². The van der Waals surface area contributed by atoms with Gasteiger partial charge in [0.2, 0.25) is 0 Å².